The molecule has 0 spiro atoms. The monoisotopic (exact) mass is 261 g/mol. The quantitative estimate of drug-likeness (QED) is 0.352. The van der Waals surface area contributed by atoms with E-state index in [1.807, 2.05) is 0 Å². The lowest BCUT2D eigenvalue weighted by atomic mass is 10.3. The van der Waals surface area contributed by atoms with Crippen molar-refractivity contribution in [3.05, 3.63) is 29.3 Å². The minimum atomic E-state index is -5.02. The summed E-state index contributed by atoms with van der Waals surface area (Å²) < 4.78 is 84.2. The zero-order chi connectivity index (χ0) is 12.7. The van der Waals surface area contributed by atoms with Gasteiger partial charge in [-0.15, -0.1) is 4.48 Å². The van der Waals surface area contributed by atoms with Crippen molar-refractivity contribution in [2.75, 3.05) is 7.05 Å². The number of nitrogens with zero attached hydrogens (tertiary/aromatic N) is 1. The van der Waals surface area contributed by atoms with Crippen molar-refractivity contribution in [3.63, 3.8) is 0 Å². The Balaban J connectivity index is 3.61. The van der Waals surface area contributed by atoms with Crippen LogP contribution in [0.15, 0.2) is 11.0 Å². The fourth-order valence-electron chi connectivity index (χ4n) is 0.874. The topological polar surface area (TPSA) is 37.4 Å². The highest BCUT2D eigenvalue weighted by Crippen LogP contribution is 2.24. The molecular formula is C7H4F5NO2S. The maximum absolute atomic E-state index is 12.9. The average Bonchev–Trinajstić information content (AvgIpc) is 2.19. The highest BCUT2D eigenvalue weighted by atomic mass is 32.2. The van der Waals surface area contributed by atoms with E-state index in [1.165, 1.54) is 0 Å². The predicted molar refractivity (Wildman–Crippen MR) is 42.3 cm³/mol. The molecule has 0 aliphatic rings. The number of rotatable bonds is 2. The first-order valence-corrected chi connectivity index (χ1v) is 5.11. The summed E-state index contributed by atoms with van der Waals surface area (Å²) >= 11 is 0. The molecule has 0 unspecified atom stereocenters. The van der Waals surface area contributed by atoms with Gasteiger partial charge in [-0.05, 0) is 4.53 Å². The van der Waals surface area contributed by atoms with E-state index >= 15 is 0 Å². The molecule has 0 radical (unpaired) electrons. The summed E-state index contributed by atoms with van der Waals surface area (Å²) in [6.45, 7) is 0. The van der Waals surface area contributed by atoms with Crippen LogP contribution >= 0.6 is 0 Å². The van der Waals surface area contributed by atoms with Gasteiger partial charge in [0, 0.05) is 13.1 Å². The third-order valence-electron chi connectivity index (χ3n) is 1.68. The number of hydrogen-bond donors (Lipinski definition) is 0. The minimum Gasteiger partial charge on any atom is -0.204 e. The molecule has 0 aliphatic heterocycles. The summed E-state index contributed by atoms with van der Waals surface area (Å²) in [5, 5.41) is 0. The molecule has 0 N–H and O–H groups in total. The van der Waals surface area contributed by atoms with Crippen molar-refractivity contribution < 1.29 is 30.5 Å². The lowest BCUT2D eigenvalue weighted by molar-refractivity contribution is 0.177. The highest BCUT2D eigenvalue weighted by Gasteiger charge is 2.30. The fourth-order valence-corrected chi connectivity index (χ4v) is 1.71. The second-order valence-corrected chi connectivity index (χ2v) is 4.59. The Hall–Kier alpha value is -1.22. The molecular weight excluding hydrogens is 257 g/mol. The first-order valence-electron chi connectivity index (χ1n) is 3.67. The van der Waals surface area contributed by atoms with E-state index in [0.717, 1.165) is 0 Å². The molecule has 0 atom stereocenters. The maximum atomic E-state index is 12.9. The summed E-state index contributed by atoms with van der Waals surface area (Å²) in [4.78, 5) is -1.62. The molecule has 0 bridgehead atoms. The first-order chi connectivity index (χ1) is 7.19. The molecule has 90 valence electrons. The van der Waals surface area contributed by atoms with E-state index in [0.29, 0.717) is 7.05 Å². The molecule has 9 heteroatoms. The molecule has 0 fully saturated rings. The van der Waals surface area contributed by atoms with E-state index in [1.54, 1.807) is 0 Å². The Morgan fingerprint density at radius 2 is 1.56 bits per heavy atom. The Labute approximate surface area is 87.1 Å². The molecule has 0 saturated heterocycles. The summed E-state index contributed by atoms with van der Waals surface area (Å²) in [5.74, 6) is -8.60. The molecule has 0 saturated carbocycles. The molecule has 0 heterocycles. The van der Waals surface area contributed by atoms with E-state index in [2.05, 4.69) is 0 Å². The Kier molecular flexibility index (Phi) is 3.20. The van der Waals surface area contributed by atoms with Crippen LogP contribution in [0.5, 0.6) is 0 Å². The molecule has 0 aromatic heterocycles. The van der Waals surface area contributed by atoms with Gasteiger partial charge in [-0.25, -0.2) is 26.0 Å². The second kappa shape index (κ2) is 3.98. The van der Waals surface area contributed by atoms with Gasteiger partial charge >= 0.3 is 0 Å². The smallest absolute Gasteiger partial charge is 0.204 e. The van der Waals surface area contributed by atoms with Crippen LogP contribution in [0, 0.1) is 23.3 Å². The van der Waals surface area contributed by atoms with E-state index < -0.39 is 42.7 Å². The number of sulfonamides is 1. The van der Waals surface area contributed by atoms with Crippen molar-refractivity contribution >= 4 is 10.0 Å². The van der Waals surface area contributed by atoms with Crippen LogP contribution < -0.4 is 0 Å². The third-order valence-corrected chi connectivity index (χ3v) is 3.19. The van der Waals surface area contributed by atoms with Crippen molar-refractivity contribution in [3.8, 4) is 0 Å². The zero-order valence-corrected chi connectivity index (χ0v) is 8.46. The predicted octanol–water partition coefficient (Wildman–Crippen LogP) is 1.75. The fraction of sp³-hybridized carbons (Fsp3) is 0.143. The third kappa shape index (κ3) is 1.87. The molecule has 0 aliphatic carbocycles. The summed E-state index contributed by atoms with van der Waals surface area (Å²) in [7, 11) is -4.64. The van der Waals surface area contributed by atoms with Crippen molar-refractivity contribution in [1.82, 2.24) is 4.53 Å². The van der Waals surface area contributed by atoms with Gasteiger partial charge in [0.05, 0.1) is 0 Å². The van der Waals surface area contributed by atoms with Crippen LogP contribution in [-0.4, -0.2) is 20.0 Å². The van der Waals surface area contributed by atoms with Crippen LogP contribution in [0.1, 0.15) is 0 Å². The largest absolute Gasteiger partial charge is 0.272 e. The average molecular weight is 261 g/mol. The van der Waals surface area contributed by atoms with Crippen molar-refractivity contribution in [2.24, 2.45) is 0 Å². The van der Waals surface area contributed by atoms with Crippen LogP contribution in [0.4, 0.5) is 22.0 Å². The SMILES string of the molecule is CN(F)S(=O)(=O)c1cc(F)c(F)c(F)c1F. The molecule has 1 rings (SSSR count). The normalized spacial score (nSPS) is 12.2. The van der Waals surface area contributed by atoms with Gasteiger partial charge < -0.3 is 0 Å². The Morgan fingerprint density at radius 3 is 2.00 bits per heavy atom. The van der Waals surface area contributed by atoms with E-state index in [-0.39, 0.29) is 6.07 Å². The lowest BCUT2D eigenvalue weighted by Gasteiger charge is -2.09. The number of hydrogen-bond acceptors (Lipinski definition) is 2. The summed E-state index contributed by atoms with van der Waals surface area (Å²) in [5.41, 5.74) is 0. The minimum absolute atomic E-state index is 0.140. The maximum Gasteiger partial charge on any atom is 0.272 e. The van der Waals surface area contributed by atoms with Crippen LogP contribution in [-0.2, 0) is 10.0 Å². The number of halogens is 5. The van der Waals surface area contributed by atoms with Crippen molar-refractivity contribution in [1.29, 1.82) is 0 Å². The summed E-state index contributed by atoms with van der Waals surface area (Å²) in [6, 6.07) is -0.140. The van der Waals surface area contributed by atoms with Crippen LogP contribution in [0.25, 0.3) is 0 Å². The standard InChI is InChI=1S/C7H4F5NO2S/c1-13(12)16(14,15)4-2-3(8)5(9)7(11)6(4)10/h2H,1H3. The molecule has 3 nitrogen and oxygen atoms in total. The molecule has 16 heavy (non-hydrogen) atoms. The van der Waals surface area contributed by atoms with Gasteiger partial charge in [-0.3, -0.25) is 0 Å². The van der Waals surface area contributed by atoms with Gasteiger partial charge in [0.15, 0.2) is 23.3 Å². The van der Waals surface area contributed by atoms with Crippen molar-refractivity contribution in [2.45, 2.75) is 4.90 Å². The number of benzene rings is 1. The zero-order valence-electron chi connectivity index (χ0n) is 7.64. The molecule has 1 aromatic carbocycles. The molecule has 0 amide bonds. The van der Waals surface area contributed by atoms with Gasteiger partial charge in [-0.2, -0.15) is 0 Å². The van der Waals surface area contributed by atoms with Gasteiger partial charge in [0.25, 0.3) is 10.0 Å². The highest BCUT2D eigenvalue weighted by molar-refractivity contribution is 7.89. The Bertz CT molecular complexity index is 528. The van der Waals surface area contributed by atoms with Crippen LogP contribution in [0.3, 0.4) is 0 Å². The van der Waals surface area contributed by atoms with Crippen LogP contribution in [0.2, 0.25) is 0 Å². The van der Waals surface area contributed by atoms with E-state index in [4.69, 9.17) is 0 Å². The first kappa shape index (κ1) is 12.8. The lowest BCUT2D eigenvalue weighted by Crippen LogP contribution is -2.21. The second-order valence-electron chi connectivity index (χ2n) is 2.69. The van der Waals surface area contributed by atoms with E-state index in [9.17, 15) is 30.5 Å². The summed E-state index contributed by atoms with van der Waals surface area (Å²) in [6.07, 6.45) is 0. The van der Waals surface area contributed by atoms with Gasteiger partial charge in [0.2, 0.25) is 0 Å². The van der Waals surface area contributed by atoms with Gasteiger partial charge in [-0.1, -0.05) is 0 Å². The van der Waals surface area contributed by atoms with Gasteiger partial charge in [0.1, 0.15) is 4.90 Å². The molecule has 1 aromatic rings. The Morgan fingerprint density at radius 1 is 1.06 bits per heavy atom.